The third-order valence-electron chi connectivity index (χ3n) is 4.59. The monoisotopic (exact) mass is 350 g/mol. The van der Waals surface area contributed by atoms with Gasteiger partial charge in [-0.2, -0.15) is 0 Å². The first kappa shape index (κ1) is 19.3. The summed E-state index contributed by atoms with van der Waals surface area (Å²) in [4.78, 5) is 18.3. The number of carbonyl (C=O) groups excluding carboxylic acids is 1. The molecule has 25 heavy (non-hydrogen) atoms. The van der Waals surface area contributed by atoms with Crippen LogP contribution in [0.1, 0.15) is 38.9 Å². The molecule has 0 radical (unpaired) electrons. The first-order valence-corrected chi connectivity index (χ1v) is 8.96. The van der Waals surface area contributed by atoms with Crippen LogP contribution >= 0.6 is 0 Å². The molecule has 0 bridgehead atoms. The SMILES string of the molecule is CCNC(=NCC(C)(O)c1ccco1)N1CCC(CC(=O)NC)CC1. The maximum Gasteiger partial charge on any atom is 0.220 e. The van der Waals surface area contributed by atoms with Crippen LogP contribution in [-0.4, -0.2) is 55.1 Å². The average Bonchev–Trinajstić information content (AvgIpc) is 3.15. The van der Waals surface area contributed by atoms with Crippen molar-refractivity contribution < 1.29 is 14.3 Å². The molecule has 7 heteroatoms. The maximum absolute atomic E-state index is 11.5. The highest BCUT2D eigenvalue weighted by Gasteiger charge is 2.27. The first-order chi connectivity index (χ1) is 12.0. The van der Waals surface area contributed by atoms with Crippen LogP contribution in [0.4, 0.5) is 0 Å². The Morgan fingerprint density at radius 1 is 1.48 bits per heavy atom. The summed E-state index contributed by atoms with van der Waals surface area (Å²) in [5.41, 5.74) is -1.14. The molecular weight excluding hydrogens is 320 g/mol. The van der Waals surface area contributed by atoms with Crippen LogP contribution < -0.4 is 10.6 Å². The van der Waals surface area contributed by atoms with Gasteiger partial charge in [0, 0.05) is 33.1 Å². The number of rotatable bonds is 6. The molecule has 0 aliphatic carbocycles. The number of piperidine rings is 1. The van der Waals surface area contributed by atoms with Gasteiger partial charge < -0.3 is 25.1 Å². The second kappa shape index (κ2) is 8.89. The third kappa shape index (κ3) is 5.49. The molecule has 1 unspecified atom stereocenters. The van der Waals surface area contributed by atoms with E-state index < -0.39 is 5.60 Å². The van der Waals surface area contributed by atoms with Crippen molar-refractivity contribution >= 4 is 11.9 Å². The van der Waals surface area contributed by atoms with Gasteiger partial charge in [-0.3, -0.25) is 4.79 Å². The summed E-state index contributed by atoms with van der Waals surface area (Å²) in [7, 11) is 1.68. The summed E-state index contributed by atoms with van der Waals surface area (Å²) in [6.07, 6.45) is 4.07. The Kier molecular flexibility index (Phi) is 6.87. The van der Waals surface area contributed by atoms with Crippen molar-refractivity contribution in [3.63, 3.8) is 0 Å². The predicted molar refractivity (Wildman–Crippen MR) is 97.2 cm³/mol. The number of aliphatic hydroxyl groups is 1. The van der Waals surface area contributed by atoms with E-state index in [1.54, 1.807) is 32.4 Å². The lowest BCUT2D eigenvalue weighted by Gasteiger charge is -2.34. The maximum atomic E-state index is 11.5. The molecule has 1 atom stereocenters. The molecule has 2 rings (SSSR count). The summed E-state index contributed by atoms with van der Waals surface area (Å²) in [6.45, 7) is 6.43. The van der Waals surface area contributed by atoms with Gasteiger partial charge in [0.2, 0.25) is 5.91 Å². The molecule has 1 amide bonds. The molecule has 1 aromatic rings. The smallest absolute Gasteiger partial charge is 0.220 e. The lowest BCUT2D eigenvalue weighted by Crippen LogP contribution is -2.46. The highest BCUT2D eigenvalue weighted by atomic mass is 16.4. The standard InChI is InChI=1S/C18H30N4O3/c1-4-20-17(21-13-18(2,24)15-6-5-11-25-15)22-9-7-14(8-10-22)12-16(23)19-3/h5-6,11,14,24H,4,7-10,12-13H2,1-3H3,(H,19,23)(H,20,21). The Bertz CT molecular complexity index is 561. The van der Waals surface area contributed by atoms with Crippen LogP contribution in [0.25, 0.3) is 0 Å². The van der Waals surface area contributed by atoms with Gasteiger partial charge >= 0.3 is 0 Å². The number of guanidine groups is 1. The molecule has 1 aromatic heterocycles. The number of hydrogen-bond donors (Lipinski definition) is 3. The largest absolute Gasteiger partial charge is 0.466 e. The van der Waals surface area contributed by atoms with Crippen molar-refractivity contribution in [2.45, 2.75) is 38.7 Å². The van der Waals surface area contributed by atoms with Gasteiger partial charge in [0.1, 0.15) is 11.4 Å². The molecule has 7 nitrogen and oxygen atoms in total. The summed E-state index contributed by atoms with van der Waals surface area (Å²) < 4.78 is 5.31. The zero-order valence-electron chi connectivity index (χ0n) is 15.4. The average molecular weight is 350 g/mol. The van der Waals surface area contributed by atoms with Crippen LogP contribution in [0.2, 0.25) is 0 Å². The van der Waals surface area contributed by atoms with Gasteiger partial charge in [-0.05, 0) is 44.7 Å². The van der Waals surface area contributed by atoms with Crippen LogP contribution in [0.15, 0.2) is 27.8 Å². The van der Waals surface area contributed by atoms with E-state index in [0.29, 0.717) is 18.1 Å². The van der Waals surface area contributed by atoms with E-state index in [-0.39, 0.29) is 12.5 Å². The van der Waals surface area contributed by atoms with Crippen molar-refractivity contribution in [3.05, 3.63) is 24.2 Å². The van der Waals surface area contributed by atoms with E-state index in [1.807, 2.05) is 6.92 Å². The topological polar surface area (TPSA) is 90.1 Å². The van der Waals surface area contributed by atoms with Crippen molar-refractivity contribution in [1.29, 1.82) is 0 Å². The molecule has 2 heterocycles. The second-order valence-corrected chi connectivity index (χ2v) is 6.73. The van der Waals surface area contributed by atoms with Crippen LogP contribution in [0.5, 0.6) is 0 Å². The zero-order chi connectivity index (χ0) is 18.3. The fraction of sp³-hybridized carbons (Fsp3) is 0.667. The number of likely N-dealkylation sites (tertiary alicyclic amines) is 1. The first-order valence-electron chi connectivity index (χ1n) is 8.96. The molecule has 0 aromatic carbocycles. The Balaban J connectivity index is 1.95. The lowest BCUT2D eigenvalue weighted by atomic mass is 9.93. The number of amides is 1. The van der Waals surface area contributed by atoms with Crippen molar-refractivity contribution in [2.75, 3.05) is 33.2 Å². The number of aliphatic imine (C=N–C) groups is 1. The highest BCUT2D eigenvalue weighted by molar-refractivity contribution is 5.80. The number of nitrogens with one attached hydrogen (secondary N) is 2. The number of nitrogens with zero attached hydrogens (tertiary/aromatic N) is 2. The summed E-state index contributed by atoms with van der Waals surface area (Å²) in [5, 5.41) is 16.6. The van der Waals surface area contributed by atoms with Gasteiger partial charge in [-0.25, -0.2) is 4.99 Å². The number of hydrogen-bond acceptors (Lipinski definition) is 4. The molecular formula is C18H30N4O3. The summed E-state index contributed by atoms with van der Waals surface area (Å²) in [5.74, 6) is 1.84. The second-order valence-electron chi connectivity index (χ2n) is 6.73. The molecule has 1 saturated heterocycles. The van der Waals surface area contributed by atoms with Crippen LogP contribution in [0, 0.1) is 5.92 Å². The van der Waals surface area contributed by atoms with Crippen LogP contribution in [-0.2, 0) is 10.4 Å². The molecule has 1 fully saturated rings. The minimum absolute atomic E-state index is 0.105. The Morgan fingerprint density at radius 3 is 2.76 bits per heavy atom. The molecule has 1 aliphatic rings. The van der Waals surface area contributed by atoms with E-state index in [1.165, 1.54) is 0 Å². The van der Waals surface area contributed by atoms with E-state index in [9.17, 15) is 9.90 Å². The van der Waals surface area contributed by atoms with Gasteiger partial charge in [-0.1, -0.05) is 0 Å². The van der Waals surface area contributed by atoms with Gasteiger partial charge in [0.15, 0.2) is 5.96 Å². The third-order valence-corrected chi connectivity index (χ3v) is 4.59. The van der Waals surface area contributed by atoms with Gasteiger partial charge in [-0.15, -0.1) is 0 Å². The number of carbonyl (C=O) groups is 1. The quantitative estimate of drug-likeness (QED) is 0.531. The highest BCUT2D eigenvalue weighted by Crippen LogP contribution is 2.23. The van der Waals surface area contributed by atoms with Crippen LogP contribution in [0.3, 0.4) is 0 Å². The zero-order valence-corrected chi connectivity index (χ0v) is 15.4. The van der Waals surface area contributed by atoms with E-state index in [0.717, 1.165) is 38.4 Å². The van der Waals surface area contributed by atoms with Gasteiger partial charge in [0.25, 0.3) is 0 Å². The van der Waals surface area contributed by atoms with Crippen molar-refractivity contribution in [2.24, 2.45) is 10.9 Å². The molecule has 140 valence electrons. The Labute approximate surface area is 149 Å². The Hall–Kier alpha value is -2.02. The number of furan rings is 1. The normalized spacial score (nSPS) is 18.7. The molecule has 3 N–H and O–H groups in total. The fourth-order valence-electron chi connectivity index (χ4n) is 3.03. The molecule has 1 aliphatic heterocycles. The van der Waals surface area contributed by atoms with Gasteiger partial charge in [0.05, 0.1) is 12.8 Å². The van der Waals surface area contributed by atoms with E-state index in [4.69, 9.17) is 4.42 Å². The molecule has 0 saturated carbocycles. The predicted octanol–water partition coefficient (Wildman–Crippen LogP) is 1.30. The lowest BCUT2D eigenvalue weighted by molar-refractivity contribution is -0.121. The summed E-state index contributed by atoms with van der Waals surface area (Å²) >= 11 is 0. The van der Waals surface area contributed by atoms with Crippen molar-refractivity contribution in [1.82, 2.24) is 15.5 Å². The van der Waals surface area contributed by atoms with E-state index in [2.05, 4.69) is 20.5 Å². The minimum Gasteiger partial charge on any atom is -0.466 e. The van der Waals surface area contributed by atoms with Crippen molar-refractivity contribution in [3.8, 4) is 0 Å². The minimum atomic E-state index is -1.14. The van der Waals surface area contributed by atoms with E-state index >= 15 is 0 Å². The molecule has 0 spiro atoms. The fourth-order valence-corrected chi connectivity index (χ4v) is 3.03. The summed E-state index contributed by atoms with van der Waals surface area (Å²) in [6, 6.07) is 3.52. The Morgan fingerprint density at radius 2 is 2.20 bits per heavy atom.